The number of aromatic nitrogens is 1. The van der Waals surface area contributed by atoms with Crippen molar-refractivity contribution in [2.24, 2.45) is 0 Å². The first-order chi connectivity index (χ1) is 14.0. The number of nitrogens with one attached hydrogen (secondary N) is 2. The number of carbonyl (C=O) groups excluding carboxylic acids is 2. The third-order valence-corrected chi connectivity index (χ3v) is 5.73. The lowest BCUT2D eigenvalue weighted by molar-refractivity contribution is -0.140. The number of aryl methyl sites for hydroxylation is 1. The largest absolute Gasteiger partial charge is 0.433 e. The number of hydrogen-bond donors (Lipinski definition) is 2. The summed E-state index contributed by atoms with van der Waals surface area (Å²) in [5.74, 6) is -0.869. The number of hydrogen-bond acceptors (Lipinski definition) is 4. The second kappa shape index (κ2) is 8.23. The number of rotatable bonds is 4. The van der Waals surface area contributed by atoms with Crippen molar-refractivity contribution in [2.75, 3.05) is 5.32 Å². The van der Waals surface area contributed by atoms with Gasteiger partial charge in [-0.1, -0.05) is 11.6 Å². The molecular weight excluding hydrogens is 439 g/mol. The highest BCUT2D eigenvalue weighted by atomic mass is 35.5. The van der Waals surface area contributed by atoms with Gasteiger partial charge in [-0.15, -0.1) is 11.3 Å². The van der Waals surface area contributed by atoms with E-state index >= 15 is 0 Å². The van der Waals surface area contributed by atoms with E-state index in [1.54, 1.807) is 6.92 Å². The lowest BCUT2D eigenvalue weighted by Gasteiger charge is -2.11. The van der Waals surface area contributed by atoms with Crippen molar-refractivity contribution in [1.29, 1.82) is 0 Å². The number of pyridine rings is 1. The van der Waals surface area contributed by atoms with E-state index in [0.717, 1.165) is 17.4 Å². The van der Waals surface area contributed by atoms with E-state index < -0.39 is 17.8 Å². The molecule has 2 heterocycles. The summed E-state index contributed by atoms with van der Waals surface area (Å²) < 4.78 is 38.7. The van der Waals surface area contributed by atoms with Gasteiger partial charge in [-0.25, -0.2) is 4.98 Å². The Morgan fingerprint density at radius 2 is 1.83 bits per heavy atom. The molecule has 5 nitrogen and oxygen atoms in total. The van der Waals surface area contributed by atoms with Crippen LogP contribution in [0.25, 0.3) is 10.2 Å². The molecule has 0 aliphatic carbocycles. The number of nitrogens with zero attached hydrogens (tertiary/aromatic N) is 1. The minimum atomic E-state index is -4.57. The molecule has 0 radical (unpaired) electrons. The summed E-state index contributed by atoms with van der Waals surface area (Å²) >= 11 is 7.01. The summed E-state index contributed by atoms with van der Waals surface area (Å²) in [6, 6.07) is 6.58. The molecule has 0 unspecified atom stereocenters. The number of alkyl halides is 3. The van der Waals surface area contributed by atoms with E-state index in [9.17, 15) is 22.8 Å². The molecule has 158 valence electrons. The van der Waals surface area contributed by atoms with Crippen LogP contribution in [0.4, 0.5) is 18.9 Å². The minimum absolute atomic E-state index is 0.0680. The zero-order valence-electron chi connectivity index (χ0n) is 16.1. The van der Waals surface area contributed by atoms with Crippen LogP contribution < -0.4 is 10.6 Å². The van der Waals surface area contributed by atoms with Gasteiger partial charge in [-0.05, 0) is 56.7 Å². The molecule has 0 spiro atoms. The minimum Gasteiger partial charge on any atom is -0.350 e. The molecule has 3 rings (SSSR count). The first-order valence-corrected chi connectivity index (χ1v) is 10.1. The van der Waals surface area contributed by atoms with E-state index in [1.807, 2.05) is 13.8 Å². The maximum absolute atomic E-state index is 12.9. The molecule has 0 saturated heterocycles. The molecule has 2 N–H and O–H groups in total. The molecule has 0 aliphatic heterocycles. The average Bonchev–Trinajstić information content (AvgIpc) is 2.98. The molecule has 0 aliphatic rings. The van der Waals surface area contributed by atoms with Crippen molar-refractivity contribution >= 4 is 50.7 Å². The first kappa shape index (κ1) is 22.0. The highest BCUT2D eigenvalue weighted by Crippen LogP contribution is 2.35. The molecule has 2 amide bonds. The van der Waals surface area contributed by atoms with Crippen LogP contribution in [0, 0.1) is 6.92 Å². The van der Waals surface area contributed by atoms with Gasteiger partial charge in [0.1, 0.15) is 10.5 Å². The van der Waals surface area contributed by atoms with Gasteiger partial charge >= 0.3 is 6.18 Å². The molecule has 0 fully saturated rings. The van der Waals surface area contributed by atoms with Crippen molar-refractivity contribution in [3.63, 3.8) is 0 Å². The zero-order valence-corrected chi connectivity index (χ0v) is 17.7. The molecule has 2 aromatic heterocycles. The highest BCUT2D eigenvalue weighted by Gasteiger charge is 2.33. The normalized spacial score (nSPS) is 11.7. The number of fused-ring (bicyclic) bond motifs is 1. The molecule has 10 heteroatoms. The monoisotopic (exact) mass is 455 g/mol. The summed E-state index contributed by atoms with van der Waals surface area (Å²) in [6.07, 6.45) is -4.57. The smallest absolute Gasteiger partial charge is 0.350 e. The van der Waals surface area contributed by atoms with Crippen LogP contribution in [0.2, 0.25) is 5.02 Å². The van der Waals surface area contributed by atoms with Crippen LogP contribution >= 0.6 is 22.9 Å². The Kier molecular flexibility index (Phi) is 6.05. The number of amides is 2. The molecule has 3 aromatic rings. The van der Waals surface area contributed by atoms with E-state index in [1.165, 1.54) is 24.3 Å². The van der Waals surface area contributed by atoms with Gasteiger partial charge in [0.15, 0.2) is 0 Å². The third kappa shape index (κ3) is 4.57. The van der Waals surface area contributed by atoms with E-state index in [4.69, 9.17) is 11.6 Å². The summed E-state index contributed by atoms with van der Waals surface area (Å²) in [4.78, 5) is 28.9. The summed E-state index contributed by atoms with van der Waals surface area (Å²) in [7, 11) is 0. The molecule has 0 atom stereocenters. The molecule has 1 aromatic carbocycles. The van der Waals surface area contributed by atoms with Gasteiger partial charge < -0.3 is 10.6 Å². The van der Waals surface area contributed by atoms with Crippen molar-refractivity contribution in [3.8, 4) is 0 Å². The fraction of sp³-hybridized carbons (Fsp3) is 0.250. The van der Waals surface area contributed by atoms with Crippen LogP contribution in [-0.4, -0.2) is 22.8 Å². The van der Waals surface area contributed by atoms with Gasteiger partial charge in [0.25, 0.3) is 11.8 Å². The average molecular weight is 456 g/mol. The van der Waals surface area contributed by atoms with Gasteiger partial charge in [-0.2, -0.15) is 13.2 Å². The zero-order chi connectivity index (χ0) is 22.2. The van der Waals surface area contributed by atoms with Crippen LogP contribution in [0.1, 0.15) is 45.1 Å². The lowest BCUT2D eigenvalue weighted by Crippen LogP contribution is -2.30. The Morgan fingerprint density at radius 3 is 2.47 bits per heavy atom. The predicted octanol–water partition coefficient (Wildman–Crippen LogP) is 5.67. The number of anilines is 1. The van der Waals surface area contributed by atoms with Gasteiger partial charge in [-0.3, -0.25) is 9.59 Å². The molecule has 30 heavy (non-hydrogen) atoms. The quantitative estimate of drug-likeness (QED) is 0.532. The maximum atomic E-state index is 12.9. The van der Waals surface area contributed by atoms with Crippen LogP contribution in [-0.2, 0) is 6.18 Å². The maximum Gasteiger partial charge on any atom is 0.433 e. The van der Waals surface area contributed by atoms with Gasteiger partial charge in [0, 0.05) is 17.0 Å². The summed E-state index contributed by atoms with van der Waals surface area (Å²) in [5, 5.41) is 6.06. The fourth-order valence-electron chi connectivity index (χ4n) is 2.76. The highest BCUT2D eigenvalue weighted by molar-refractivity contribution is 7.20. The number of carbonyl (C=O) groups is 2. The second-order valence-electron chi connectivity index (χ2n) is 6.88. The Morgan fingerprint density at radius 1 is 1.13 bits per heavy atom. The first-order valence-electron chi connectivity index (χ1n) is 8.86. The SMILES string of the molecule is Cc1c(C(=O)Nc2cc(C(=O)NC(C)C)ccc2Cl)sc2nc(C(F)(F)F)ccc12. The van der Waals surface area contributed by atoms with Gasteiger partial charge in [0.2, 0.25) is 0 Å². The van der Waals surface area contributed by atoms with Crippen molar-refractivity contribution in [1.82, 2.24) is 10.3 Å². The van der Waals surface area contributed by atoms with E-state index in [-0.39, 0.29) is 32.4 Å². The van der Waals surface area contributed by atoms with E-state index in [2.05, 4.69) is 15.6 Å². The van der Waals surface area contributed by atoms with Crippen LogP contribution in [0.15, 0.2) is 30.3 Å². The topological polar surface area (TPSA) is 71.1 Å². The molecular formula is C20H17ClF3N3O2S. The standard InChI is InChI=1S/C20H17ClF3N3O2S/c1-9(2)25-17(28)11-4-6-13(21)14(8-11)26-18(29)16-10(3)12-5-7-15(20(22,23)24)27-19(12)30-16/h4-9H,1-3H3,(H,25,28)(H,26,29). The van der Waals surface area contributed by atoms with Gasteiger partial charge in [0.05, 0.1) is 15.6 Å². The van der Waals surface area contributed by atoms with E-state index in [0.29, 0.717) is 16.5 Å². The number of halogens is 4. The molecule has 0 saturated carbocycles. The Hall–Kier alpha value is -2.65. The van der Waals surface area contributed by atoms with Crippen molar-refractivity contribution in [2.45, 2.75) is 33.0 Å². The Balaban J connectivity index is 1.91. The Bertz CT molecular complexity index is 1140. The third-order valence-electron chi connectivity index (χ3n) is 4.20. The lowest BCUT2D eigenvalue weighted by atomic mass is 10.1. The number of thiophene rings is 1. The molecule has 0 bridgehead atoms. The summed E-state index contributed by atoms with van der Waals surface area (Å²) in [5.41, 5.74) is 0.0282. The number of benzene rings is 1. The summed E-state index contributed by atoms with van der Waals surface area (Å²) in [6.45, 7) is 5.27. The van der Waals surface area contributed by atoms with Crippen molar-refractivity contribution in [3.05, 3.63) is 57.1 Å². The fourth-order valence-corrected chi connectivity index (χ4v) is 4.00. The van der Waals surface area contributed by atoms with Crippen molar-refractivity contribution < 1.29 is 22.8 Å². The second-order valence-corrected chi connectivity index (χ2v) is 8.29. The van der Waals surface area contributed by atoms with Crippen LogP contribution in [0.5, 0.6) is 0 Å². The predicted molar refractivity (Wildman–Crippen MR) is 111 cm³/mol. The Labute approximate surface area is 179 Å². The van der Waals surface area contributed by atoms with Crippen LogP contribution in [0.3, 0.4) is 0 Å².